The van der Waals surface area contributed by atoms with E-state index in [-0.39, 0.29) is 0 Å². The van der Waals surface area contributed by atoms with E-state index in [2.05, 4.69) is 49.3 Å². The summed E-state index contributed by atoms with van der Waals surface area (Å²) in [6, 6.07) is 8.36. The number of aryl methyl sites for hydroxylation is 1. The fourth-order valence-corrected chi connectivity index (χ4v) is 1.26. The molecule has 0 spiro atoms. The van der Waals surface area contributed by atoms with Gasteiger partial charge in [0, 0.05) is 12.7 Å². The highest BCUT2D eigenvalue weighted by Gasteiger charge is 1.97. The molecule has 92 valence electrons. The van der Waals surface area contributed by atoms with Gasteiger partial charge in [-0.2, -0.15) is 0 Å². The summed E-state index contributed by atoms with van der Waals surface area (Å²) in [5, 5.41) is 0. The van der Waals surface area contributed by atoms with Crippen LogP contribution in [0.4, 0.5) is 5.69 Å². The number of benzene rings is 1. The van der Waals surface area contributed by atoms with E-state index in [9.17, 15) is 0 Å². The van der Waals surface area contributed by atoms with Gasteiger partial charge in [0.1, 0.15) is 0 Å². The van der Waals surface area contributed by atoms with Crippen molar-refractivity contribution in [1.29, 1.82) is 0 Å². The Morgan fingerprint density at radius 3 is 1.94 bits per heavy atom. The summed E-state index contributed by atoms with van der Waals surface area (Å²) in [4.78, 5) is 2.12. The van der Waals surface area contributed by atoms with E-state index in [1.165, 1.54) is 11.3 Å². The molecule has 0 N–H and O–H groups in total. The van der Waals surface area contributed by atoms with E-state index in [1.807, 2.05) is 40.7 Å². The van der Waals surface area contributed by atoms with Gasteiger partial charge in [-0.25, -0.2) is 0 Å². The Hall–Kier alpha value is -1.24. The highest BCUT2D eigenvalue weighted by Crippen LogP contribution is 2.17. The van der Waals surface area contributed by atoms with E-state index in [0.29, 0.717) is 0 Å². The maximum absolute atomic E-state index is 2.12. The first-order valence-corrected chi connectivity index (χ1v) is 6.17. The minimum atomic E-state index is 1.26. The van der Waals surface area contributed by atoms with Gasteiger partial charge in [-0.1, -0.05) is 52.0 Å². The van der Waals surface area contributed by atoms with Crippen molar-refractivity contribution in [2.75, 3.05) is 11.9 Å². The van der Waals surface area contributed by atoms with Gasteiger partial charge in [0.25, 0.3) is 0 Å². The Balaban J connectivity index is 0. The van der Waals surface area contributed by atoms with Gasteiger partial charge in [-0.15, -0.1) is 0 Å². The lowest BCUT2D eigenvalue weighted by atomic mass is 10.2. The summed E-state index contributed by atoms with van der Waals surface area (Å²) in [7, 11) is 2.06. The molecule has 0 radical (unpaired) electrons. The van der Waals surface area contributed by atoms with Crippen LogP contribution >= 0.6 is 0 Å². The number of nitrogens with zero attached hydrogens (tertiary/aromatic N) is 1. The molecule has 1 rings (SSSR count). The van der Waals surface area contributed by atoms with Crippen LogP contribution in [0.5, 0.6) is 0 Å². The largest absolute Gasteiger partial charge is 0.351 e. The minimum Gasteiger partial charge on any atom is -0.351 e. The molecule has 0 saturated heterocycles. The molecule has 0 heterocycles. The second-order valence-corrected chi connectivity index (χ2v) is 2.88. The molecule has 0 aliphatic rings. The summed E-state index contributed by atoms with van der Waals surface area (Å²) in [5.41, 5.74) is 2.56. The predicted octanol–water partition coefficient (Wildman–Crippen LogP) is 5.02. The third-order valence-electron chi connectivity index (χ3n) is 1.87. The van der Waals surface area contributed by atoms with E-state index < -0.39 is 0 Å². The Labute approximate surface area is 102 Å². The third kappa shape index (κ3) is 6.28. The Morgan fingerprint density at radius 2 is 1.50 bits per heavy atom. The van der Waals surface area contributed by atoms with Crippen molar-refractivity contribution in [3.63, 3.8) is 0 Å². The van der Waals surface area contributed by atoms with E-state index in [4.69, 9.17) is 0 Å². The second kappa shape index (κ2) is 11.8. The first-order valence-electron chi connectivity index (χ1n) is 6.17. The lowest BCUT2D eigenvalue weighted by Gasteiger charge is -2.16. The molecular formula is C15H27N. The summed E-state index contributed by atoms with van der Waals surface area (Å²) >= 11 is 0. The van der Waals surface area contributed by atoms with Crippen LogP contribution in [0.2, 0.25) is 0 Å². The fraction of sp³-hybridized carbons (Fsp3) is 0.467. The van der Waals surface area contributed by atoms with Crippen LogP contribution in [0.3, 0.4) is 0 Å². The number of hydrogen-bond donors (Lipinski definition) is 0. The van der Waals surface area contributed by atoms with Crippen molar-refractivity contribution in [1.82, 2.24) is 0 Å². The number of rotatable bonds is 2. The van der Waals surface area contributed by atoms with Crippen molar-refractivity contribution < 1.29 is 0 Å². The standard InChI is InChI=1S/C11H15N.2C2H6/c1-4-9-12(3)11-8-6-5-7-10(11)2;2*1-2/h4-9H,1-3H3;2*1-2H3/b9-4-;;. The minimum absolute atomic E-state index is 1.26. The highest BCUT2D eigenvalue weighted by molar-refractivity contribution is 5.54. The smallest absolute Gasteiger partial charge is 0.0433 e. The zero-order valence-electron chi connectivity index (χ0n) is 11.9. The van der Waals surface area contributed by atoms with E-state index in [0.717, 1.165) is 0 Å². The fourth-order valence-electron chi connectivity index (χ4n) is 1.26. The SMILES string of the molecule is C/C=C\N(C)c1ccccc1C.CC.CC. The summed E-state index contributed by atoms with van der Waals surface area (Å²) < 4.78 is 0. The van der Waals surface area contributed by atoms with Crippen LogP contribution in [0.1, 0.15) is 40.2 Å². The van der Waals surface area contributed by atoms with Gasteiger partial charge >= 0.3 is 0 Å². The van der Waals surface area contributed by atoms with Crippen LogP contribution in [-0.2, 0) is 0 Å². The Kier molecular flexibility index (Phi) is 12.7. The quantitative estimate of drug-likeness (QED) is 0.678. The molecule has 0 fully saturated rings. The van der Waals surface area contributed by atoms with Crippen LogP contribution in [0.25, 0.3) is 0 Å². The molecule has 0 aliphatic carbocycles. The molecule has 1 heteroatoms. The average Bonchev–Trinajstić information content (AvgIpc) is 2.35. The van der Waals surface area contributed by atoms with Gasteiger partial charge in [0.05, 0.1) is 0 Å². The van der Waals surface area contributed by atoms with E-state index in [1.54, 1.807) is 0 Å². The van der Waals surface area contributed by atoms with Crippen molar-refractivity contribution in [3.05, 3.63) is 42.1 Å². The van der Waals surface area contributed by atoms with Gasteiger partial charge < -0.3 is 4.90 Å². The zero-order chi connectivity index (χ0) is 13.0. The first kappa shape index (κ1) is 17.2. The van der Waals surface area contributed by atoms with Crippen molar-refractivity contribution in [2.24, 2.45) is 0 Å². The molecule has 0 saturated carbocycles. The molecule has 0 atom stereocenters. The Morgan fingerprint density at radius 1 is 1.00 bits per heavy atom. The molecule has 0 aromatic heterocycles. The third-order valence-corrected chi connectivity index (χ3v) is 1.87. The normalized spacial score (nSPS) is 8.69. The van der Waals surface area contributed by atoms with E-state index >= 15 is 0 Å². The van der Waals surface area contributed by atoms with Crippen LogP contribution in [-0.4, -0.2) is 7.05 Å². The van der Waals surface area contributed by atoms with Gasteiger partial charge in [0.2, 0.25) is 0 Å². The lowest BCUT2D eigenvalue weighted by Crippen LogP contribution is -2.08. The molecule has 0 aliphatic heterocycles. The average molecular weight is 221 g/mol. The van der Waals surface area contributed by atoms with Crippen molar-refractivity contribution in [3.8, 4) is 0 Å². The maximum atomic E-state index is 2.12. The van der Waals surface area contributed by atoms with Gasteiger partial charge in [0.15, 0.2) is 0 Å². The molecule has 16 heavy (non-hydrogen) atoms. The zero-order valence-corrected chi connectivity index (χ0v) is 11.9. The molecule has 1 nitrogen and oxygen atoms in total. The molecule has 1 aromatic carbocycles. The van der Waals surface area contributed by atoms with Crippen molar-refractivity contribution in [2.45, 2.75) is 41.5 Å². The van der Waals surface area contributed by atoms with Gasteiger partial charge in [-0.3, -0.25) is 0 Å². The number of para-hydroxylation sites is 1. The predicted molar refractivity (Wildman–Crippen MR) is 77.1 cm³/mol. The number of allylic oxidation sites excluding steroid dienone is 1. The molecule has 0 unspecified atom stereocenters. The van der Waals surface area contributed by atoms with Crippen LogP contribution < -0.4 is 4.90 Å². The first-order chi connectivity index (χ1) is 7.75. The maximum Gasteiger partial charge on any atom is 0.0433 e. The molecule has 1 aromatic rings. The lowest BCUT2D eigenvalue weighted by molar-refractivity contribution is 1.17. The topological polar surface area (TPSA) is 3.24 Å². The summed E-state index contributed by atoms with van der Waals surface area (Å²) in [6.07, 6.45) is 4.09. The second-order valence-electron chi connectivity index (χ2n) is 2.88. The molecular weight excluding hydrogens is 194 g/mol. The van der Waals surface area contributed by atoms with Gasteiger partial charge in [-0.05, 0) is 31.7 Å². The Bertz CT molecular complexity index is 277. The monoisotopic (exact) mass is 221 g/mol. The molecule has 0 amide bonds. The van der Waals surface area contributed by atoms with Crippen LogP contribution in [0, 0.1) is 6.92 Å². The number of hydrogen-bond acceptors (Lipinski definition) is 1. The van der Waals surface area contributed by atoms with Crippen LogP contribution in [0.15, 0.2) is 36.5 Å². The summed E-state index contributed by atoms with van der Waals surface area (Å²) in [5.74, 6) is 0. The summed E-state index contributed by atoms with van der Waals surface area (Å²) in [6.45, 7) is 12.1. The molecule has 0 bridgehead atoms. The van der Waals surface area contributed by atoms with Crippen molar-refractivity contribution >= 4 is 5.69 Å². The number of anilines is 1. The highest BCUT2D eigenvalue weighted by atomic mass is 15.1.